The Balaban J connectivity index is 1.31. The van der Waals surface area contributed by atoms with Crippen LogP contribution in [-0.2, 0) is 17.6 Å². The average Bonchev–Trinajstić information content (AvgIpc) is 3.39. The Bertz CT molecular complexity index is 1280. The van der Waals surface area contributed by atoms with Crippen molar-refractivity contribution in [3.8, 4) is 0 Å². The highest BCUT2D eigenvalue weighted by atomic mass is 16.5. The normalized spacial score (nSPS) is 17.2. The van der Waals surface area contributed by atoms with Crippen LogP contribution >= 0.6 is 0 Å². The van der Waals surface area contributed by atoms with E-state index < -0.39 is 0 Å². The molecule has 2 N–H and O–H groups in total. The van der Waals surface area contributed by atoms with Crippen LogP contribution in [-0.4, -0.2) is 34.3 Å². The summed E-state index contributed by atoms with van der Waals surface area (Å²) in [6.45, 7) is 2.03. The molecular weight excluding hydrogens is 456 g/mol. The van der Waals surface area contributed by atoms with Crippen LogP contribution < -0.4 is 10.6 Å². The van der Waals surface area contributed by atoms with Crippen molar-refractivity contribution in [1.29, 1.82) is 0 Å². The number of nitrogens with zero attached hydrogens (tertiary/aromatic N) is 2. The van der Waals surface area contributed by atoms with Crippen molar-refractivity contribution in [3.63, 3.8) is 0 Å². The molecule has 36 heavy (non-hydrogen) atoms. The molecule has 1 aromatic heterocycles. The Labute approximate surface area is 210 Å². The number of anilines is 2. The first-order valence-electron chi connectivity index (χ1n) is 12.6. The molecule has 0 saturated carbocycles. The molecule has 186 valence electrons. The maximum Gasteiger partial charge on any atom is 0.277 e. The van der Waals surface area contributed by atoms with Crippen LogP contribution in [0.15, 0.2) is 53.1 Å². The second kappa shape index (κ2) is 10.4. The van der Waals surface area contributed by atoms with Gasteiger partial charge in [0.2, 0.25) is 5.91 Å². The van der Waals surface area contributed by atoms with E-state index in [4.69, 9.17) is 4.52 Å². The largest absolute Gasteiger partial charge is 0.358 e. The molecule has 1 aliphatic carbocycles. The fourth-order valence-electron chi connectivity index (χ4n) is 5.17. The first-order chi connectivity index (χ1) is 17.5. The molecule has 3 amide bonds. The summed E-state index contributed by atoms with van der Waals surface area (Å²) >= 11 is 0. The summed E-state index contributed by atoms with van der Waals surface area (Å²) in [4.78, 5) is 39.4. The number of benzene rings is 2. The van der Waals surface area contributed by atoms with E-state index in [1.165, 1.54) is 24.5 Å². The molecule has 1 atom stereocenters. The first-order valence-corrected chi connectivity index (χ1v) is 12.6. The molecule has 0 spiro atoms. The van der Waals surface area contributed by atoms with Gasteiger partial charge in [-0.1, -0.05) is 17.3 Å². The van der Waals surface area contributed by atoms with Gasteiger partial charge in [0.15, 0.2) is 11.5 Å². The number of aryl methyl sites for hydroxylation is 1. The lowest BCUT2D eigenvalue weighted by Crippen LogP contribution is -2.38. The van der Waals surface area contributed by atoms with E-state index in [1.54, 1.807) is 35.2 Å². The van der Waals surface area contributed by atoms with Crippen LogP contribution in [0.3, 0.4) is 0 Å². The van der Waals surface area contributed by atoms with Crippen molar-refractivity contribution in [2.45, 2.75) is 57.9 Å². The quantitative estimate of drug-likeness (QED) is 0.520. The minimum absolute atomic E-state index is 0.118. The van der Waals surface area contributed by atoms with Gasteiger partial charge in [-0.3, -0.25) is 14.4 Å². The zero-order chi connectivity index (χ0) is 25.1. The predicted molar refractivity (Wildman–Crippen MR) is 136 cm³/mol. The Hall–Kier alpha value is -3.94. The van der Waals surface area contributed by atoms with Gasteiger partial charge in [-0.2, -0.15) is 0 Å². The van der Waals surface area contributed by atoms with Gasteiger partial charge in [0.1, 0.15) is 0 Å². The van der Waals surface area contributed by atoms with E-state index in [0.717, 1.165) is 44.2 Å². The third-order valence-electron chi connectivity index (χ3n) is 6.95. The highest BCUT2D eigenvalue weighted by Gasteiger charge is 2.32. The van der Waals surface area contributed by atoms with Crippen molar-refractivity contribution in [2.24, 2.45) is 0 Å². The van der Waals surface area contributed by atoms with Gasteiger partial charge in [0, 0.05) is 36.5 Å². The minimum Gasteiger partial charge on any atom is -0.358 e. The van der Waals surface area contributed by atoms with Crippen molar-refractivity contribution in [3.05, 3.63) is 76.7 Å². The zero-order valence-electron chi connectivity index (χ0n) is 20.4. The molecule has 1 unspecified atom stereocenters. The zero-order valence-corrected chi connectivity index (χ0v) is 20.4. The summed E-state index contributed by atoms with van der Waals surface area (Å²) in [5, 5.41) is 9.76. The Kier molecular flexibility index (Phi) is 6.84. The lowest BCUT2D eigenvalue weighted by Gasteiger charge is -2.34. The second-order valence-corrected chi connectivity index (χ2v) is 9.49. The fourth-order valence-corrected chi connectivity index (χ4v) is 5.17. The van der Waals surface area contributed by atoms with Crippen LogP contribution in [0, 0.1) is 0 Å². The van der Waals surface area contributed by atoms with E-state index in [9.17, 15) is 14.4 Å². The number of carbonyl (C=O) groups is 3. The molecule has 2 aliphatic rings. The number of amides is 3. The number of aromatic nitrogens is 1. The van der Waals surface area contributed by atoms with E-state index in [0.29, 0.717) is 23.6 Å². The summed E-state index contributed by atoms with van der Waals surface area (Å²) in [6.07, 6.45) is 6.87. The van der Waals surface area contributed by atoms with E-state index in [-0.39, 0.29) is 29.5 Å². The van der Waals surface area contributed by atoms with Gasteiger partial charge in [-0.05, 0) is 86.4 Å². The maximum absolute atomic E-state index is 13.3. The number of fused-ring (bicyclic) bond motifs is 1. The van der Waals surface area contributed by atoms with Gasteiger partial charge in [0.25, 0.3) is 11.8 Å². The molecule has 5 rings (SSSR count). The predicted octanol–water partition coefficient (Wildman–Crippen LogP) is 5.13. The number of piperidine rings is 1. The summed E-state index contributed by atoms with van der Waals surface area (Å²) in [7, 11) is 0. The molecule has 1 fully saturated rings. The molecular formula is C28H30N4O4. The molecule has 3 aromatic rings. The van der Waals surface area contributed by atoms with Crippen LogP contribution in [0.4, 0.5) is 11.4 Å². The SMILES string of the molecule is CC(=O)Nc1ccc(C(=O)N2CCCCC2c2cc(C(=O)Nc3cccc4c3CCCC4)no2)cc1. The maximum atomic E-state index is 13.3. The highest BCUT2D eigenvalue weighted by molar-refractivity contribution is 6.03. The molecule has 0 radical (unpaired) electrons. The van der Waals surface area contributed by atoms with Crippen molar-refractivity contribution in [2.75, 3.05) is 17.2 Å². The number of nitrogens with one attached hydrogen (secondary N) is 2. The fraction of sp³-hybridized carbons (Fsp3) is 0.357. The van der Waals surface area contributed by atoms with Crippen LogP contribution in [0.5, 0.6) is 0 Å². The van der Waals surface area contributed by atoms with Gasteiger partial charge in [-0.25, -0.2) is 0 Å². The summed E-state index contributed by atoms with van der Waals surface area (Å²) in [5.41, 5.74) is 4.70. The lowest BCUT2D eigenvalue weighted by atomic mass is 9.90. The standard InChI is InChI=1S/C28H30N4O4/c1-18(33)29-21-14-12-20(13-15-21)28(35)32-16-5-4-11-25(32)26-17-24(31-36-26)27(34)30-23-10-6-8-19-7-2-3-9-22(19)23/h6,8,10,12-15,17,25H,2-5,7,9,11,16H2,1H3,(H,29,33)(H,30,34). The van der Waals surface area contributed by atoms with E-state index in [2.05, 4.69) is 21.9 Å². The van der Waals surface area contributed by atoms with E-state index in [1.807, 2.05) is 12.1 Å². The Morgan fingerprint density at radius 1 is 0.972 bits per heavy atom. The number of likely N-dealkylation sites (tertiary alicyclic amines) is 1. The van der Waals surface area contributed by atoms with Gasteiger partial charge in [-0.15, -0.1) is 0 Å². The number of rotatable bonds is 5. The minimum atomic E-state index is -0.314. The summed E-state index contributed by atoms with van der Waals surface area (Å²) in [5.74, 6) is -0.0840. The summed E-state index contributed by atoms with van der Waals surface area (Å²) in [6, 6.07) is 14.2. The third-order valence-corrected chi connectivity index (χ3v) is 6.95. The summed E-state index contributed by atoms with van der Waals surface area (Å²) < 4.78 is 5.60. The van der Waals surface area contributed by atoms with Crippen LogP contribution in [0.25, 0.3) is 0 Å². The van der Waals surface area contributed by atoms with Crippen LogP contribution in [0.2, 0.25) is 0 Å². The topological polar surface area (TPSA) is 105 Å². The van der Waals surface area contributed by atoms with E-state index >= 15 is 0 Å². The van der Waals surface area contributed by atoms with Crippen molar-refractivity contribution in [1.82, 2.24) is 10.1 Å². The van der Waals surface area contributed by atoms with Gasteiger partial charge in [0.05, 0.1) is 6.04 Å². The van der Waals surface area contributed by atoms with Crippen molar-refractivity contribution >= 4 is 29.1 Å². The molecule has 1 aliphatic heterocycles. The average molecular weight is 487 g/mol. The number of hydrogen-bond donors (Lipinski definition) is 2. The molecule has 0 bridgehead atoms. The van der Waals surface area contributed by atoms with Crippen molar-refractivity contribution < 1.29 is 18.9 Å². The smallest absolute Gasteiger partial charge is 0.277 e. The van der Waals surface area contributed by atoms with Crippen LogP contribution in [0.1, 0.15) is 82.8 Å². The first kappa shape index (κ1) is 23.8. The Morgan fingerprint density at radius 2 is 1.78 bits per heavy atom. The molecule has 8 nitrogen and oxygen atoms in total. The molecule has 2 aromatic carbocycles. The molecule has 8 heteroatoms. The lowest BCUT2D eigenvalue weighted by molar-refractivity contribution is -0.114. The molecule has 2 heterocycles. The Morgan fingerprint density at radius 3 is 2.58 bits per heavy atom. The second-order valence-electron chi connectivity index (χ2n) is 9.49. The van der Waals surface area contributed by atoms with Gasteiger partial charge < -0.3 is 20.1 Å². The molecule has 1 saturated heterocycles. The number of carbonyl (C=O) groups excluding carboxylic acids is 3. The van der Waals surface area contributed by atoms with Gasteiger partial charge >= 0.3 is 0 Å². The third kappa shape index (κ3) is 5.03. The number of hydrogen-bond acceptors (Lipinski definition) is 5. The highest BCUT2D eigenvalue weighted by Crippen LogP contribution is 2.33. The monoisotopic (exact) mass is 486 g/mol.